The van der Waals surface area contributed by atoms with Crippen molar-refractivity contribution in [3.63, 3.8) is 0 Å². The van der Waals surface area contributed by atoms with Crippen LogP contribution in [0.1, 0.15) is 71.4 Å². The van der Waals surface area contributed by atoms with Gasteiger partial charge < -0.3 is 10.1 Å². The average molecular weight is 291 g/mol. The molecular formula is C19H33NO. The number of hydrogen-bond donors (Lipinski definition) is 1. The van der Waals surface area contributed by atoms with E-state index in [0.29, 0.717) is 12.0 Å². The zero-order valence-corrected chi connectivity index (χ0v) is 14.3. The molecule has 0 aromatic heterocycles. The largest absolute Gasteiger partial charge is 0.493 e. The van der Waals surface area contributed by atoms with Crippen LogP contribution in [0.3, 0.4) is 0 Å². The Hall–Kier alpha value is -1.02. The molecule has 0 saturated carbocycles. The number of unbranched alkanes of at least 4 members (excludes halogenated alkanes) is 1. The fraction of sp³-hybridized carbons (Fsp3) is 0.684. The van der Waals surface area contributed by atoms with Gasteiger partial charge in [0.15, 0.2) is 0 Å². The molecule has 0 aliphatic heterocycles. The van der Waals surface area contributed by atoms with Crippen LogP contribution in [0.15, 0.2) is 24.3 Å². The summed E-state index contributed by atoms with van der Waals surface area (Å²) in [5.41, 5.74) is 1.33. The maximum absolute atomic E-state index is 6.04. The Balaban J connectivity index is 2.59. The van der Waals surface area contributed by atoms with Gasteiger partial charge >= 0.3 is 0 Å². The number of benzene rings is 1. The standard InChI is InChI=1S/C19H33NO/c1-5-9-11-16(6-2)15-21-18-13-10-12-17(14-18)19(7-3)20-8-4/h10,12-14,16,19-20H,5-9,11,15H2,1-4H3. The van der Waals surface area contributed by atoms with Crippen molar-refractivity contribution < 1.29 is 4.74 Å². The summed E-state index contributed by atoms with van der Waals surface area (Å²) in [7, 11) is 0. The van der Waals surface area contributed by atoms with Gasteiger partial charge in [-0.1, -0.05) is 59.1 Å². The van der Waals surface area contributed by atoms with Crippen molar-refractivity contribution in [1.82, 2.24) is 5.32 Å². The summed E-state index contributed by atoms with van der Waals surface area (Å²) >= 11 is 0. The van der Waals surface area contributed by atoms with Crippen LogP contribution in [0.5, 0.6) is 5.75 Å². The molecule has 1 aromatic carbocycles. The second-order valence-corrected chi connectivity index (χ2v) is 5.82. The minimum Gasteiger partial charge on any atom is -0.493 e. The molecule has 0 heterocycles. The third-order valence-electron chi connectivity index (χ3n) is 4.15. The SMILES string of the molecule is CCCCC(CC)COc1cccc(C(CC)NCC)c1. The van der Waals surface area contributed by atoms with E-state index >= 15 is 0 Å². The number of ether oxygens (including phenoxy) is 1. The lowest BCUT2D eigenvalue weighted by molar-refractivity contribution is 0.233. The Bertz CT molecular complexity index is 378. The van der Waals surface area contributed by atoms with Crippen LogP contribution in [0.4, 0.5) is 0 Å². The van der Waals surface area contributed by atoms with Crippen LogP contribution in [-0.4, -0.2) is 13.2 Å². The van der Waals surface area contributed by atoms with Gasteiger partial charge in [-0.25, -0.2) is 0 Å². The Morgan fingerprint density at radius 3 is 2.52 bits per heavy atom. The van der Waals surface area contributed by atoms with Crippen LogP contribution < -0.4 is 10.1 Å². The van der Waals surface area contributed by atoms with E-state index in [4.69, 9.17) is 4.74 Å². The van der Waals surface area contributed by atoms with Crippen molar-refractivity contribution >= 4 is 0 Å². The van der Waals surface area contributed by atoms with Gasteiger partial charge in [-0.2, -0.15) is 0 Å². The van der Waals surface area contributed by atoms with Crippen LogP contribution >= 0.6 is 0 Å². The second-order valence-electron chi connectivity index (χ2n) is 5.82. The molecule has 0 saturated heterocycles. The van der Waals surface area contributed by atoms with E-state index in [1.807, 2.05) is 0 Å². The van der Waals surface area contributed by atoms with Gasteiger partial charge in [0, 0.05) is 6.04 Å². The Labute approximate surface area is 131 Å². The van der Waals surface area contributed by atoms with Crippen molar-refractivity contribution in [2.45, 2.75) is 65.8 Å². The lowest BCUT2D eigenvalue weighted by Crippen LogP contribution is -2.20. The van der Waals surface area contributed by atoms with Crippen molar-refractivity contribution in [3.8, 4) is 5.75 Å². The van der Waals surface area contributed by atoms with Gasteiger partial charge in [-0.3, -0.25) is 0 Å². The van der Waals surface area contributed by atoms with Gasteiger partial charge in [-0.05, 0) is 43.0 Å². The molecule has 1 aromatic rings. The van der Waals surface area contributed by atoms with Crippen molar-refractivity contribution in [2.24, 2.45) is 5.92 Å². The quantitative estimate of drug-likeness (QED) is 0.594. The van der Waals surface area contributed by atoms with E-state index in [-0.39, 0.29) is 0 Å². The summed E-state index contributed by atoms with van der Waals surface area (Å²) in [6, 6.07) is 9.01. The van der Waals surface area contributed by atoms with Crippen LogP contribution in [0.25, 0.3) is 0 Å². The molecule has 2 atom stereocenters. The Morgan fingerprint density at radius 2 is 1.90 bits per heavy atom. The molecule has 0 spiro atoms. The Morgan fingerprint density at radius 1 is 1.10 bits per heavy atom. The molecule has 2 nitrogen and oxygen atoms in total. The van der Waals surface area contributed by atoms with E-state index in [1.54, 1.807) is 0 Å². The van der Waals surface area contributed by atoms with E-state index < -0.39 is 0 Å². The summed E-state index contributed by atoms with van der Waals surface area (Å²) in [5, 5.41) is 3.52. The number of hydrogen-bond acceptors (Lipinski definition) is 2. The monoisotopic (exact) mass is 291 g/mol. The van der Waals surface area contributed by atoms with Crippen molar-refractivity contribution in [2.75, 3.05) is 13.2 Å². The van der Waals surface area contributed by atoms with Gasteiger partial charge in [0.1, 0.15) is 5.75 Å². The molecule has 1 rings (SSSR count). The predicted molar refractivity (Wildman–Crippen MR) is 92.0 cm³/mol. The first-order valence-corrected chi connectivity index (χ1v) is 8.71. The van der Waals surface area contributed by atoms with Gasteiger partial charge in [0.05, 0.1) is 6.61 Å². The lowest BCUT2D eigenvalue weighted by Gasteiger charge is -2.19. The number of nitrogens with one attached hydrogen (secondary N) is 1. The van der Waals surface area contributed by atoms with Gasteiger partial charge in [-0.15, -0.1) is 0 Å². The highest BCUT2D eigenvalue weighted by molar-refractivity contribution is 5.30. The van der Waals surface area contributed by atoms with Crippen LogP contribution in [0, 0.1) is 5.92 Å². The zero-order chi connectivity index (χ0) is 15.5. The van der Waals surface area contributed by atoms with E-state index in [0.717, 1.165) is 25.3 Å². The average Bonchev–Trinajstić information content (AvgIpc) is 2.53. The molecule has 0 bridgehead atoms. The molecule has 0 aliphatic carbocycles. The Kier molecular flexibility index (Phi) is 9.16. The second kappa shape index (κ2) is 10.7. The molecule has 1 N–H and O–H groups in total. The molecular weight excluding hydrogens is 258 g/mol. The van der Waals surface area contributed by atoms with E-state index in [1.165, 1.54) is 31.2 Å². The van der Waals surface area contributed by atoms with E-state index in [9.17, 15) is 0 Å². The number of rotatable bonds is 11. The first-order chi connectivity index (χ1) is 10.2. The highest BCUT2D eigenvalue weighted by Gasteiger charge is 2.10. The first-order valence-electron chi connectivity index (χ1n) is 8.71. The normalized spacial score (nSPS) is 13.9. The molecule has 0 amide bonds. The van der Waals surface area contributed by atoms with E-state index in [2.05, 4.69) is 57.3 Å². The maximum atomic E-state index is 6.04. The van der Waals surface area contributed by atoms with Crippen molar-refractivity contribution in [1.29, 1.82) is 0 Å². The topological polar surface area (TPSA) is 21.3 Å². The molecule has 120 valence electrons. The molecule has 0 fully saturated rings. The fourth-order valence-corrected chi connectivity index (χ4v) is 2.68. The maximum Gasteiger partial charge on any atom is 0.119 e. The highest BCUT2D eigenvalue weighted by atomic mass is 16.5. The molecule has 0 aliphatic rings. The fourth-order valence-electron chi connectivity index (χ4n) is 2.68. The molecule has 2 heteroatoms. The minimum absolute atomic E-state index is 0.431. The predicted octanol–water partition coefficient (Wildman–Crippen LogP) is 5.34. The van der Waals surface area contributed by atoms with Crippen LogP contribution in [-0.2, 0) is 0 Å². The third kappa shape index (κ3) is 6.52. The summed E-state index contributed by atoms with van der Waals surface area (Å²) in [5.74, 6) is 1.70. The van der Waals surface area contributed by atoms with Crippen LogP contribution in [0.2, 0.25) is 0 Å². The summed E-state index contributed by atoms with van der Waals surface area (Å²) < 4.78 is 6.04. The molecule has 0 radical (unpaired) electrons. The first kappa shape index (κ1) is 18.0. The zero-order valence-electron chi connectivity index (χ0n) is 14.3. The summed E-state index contributed by atoms with van der Waals surface area (Å²) in [4.78, 5) is 0. The van der Waals surface area contributed by atoms with Gasteiger partial charge in [0.25, 0.3) is 0 Å². The minimum atomic E-state index is 0.431. The molecule has 21 heavy (non-hydrogen) atoms. The lowest BCUT2D eigenvalue weighted by atomic mass is 10.0. The van der Waals surface area contributed by atoms with Crippen molar-refractivity contribution in [3.05, 3.63) is 29.8 Å². The molecule has 2 unspecified atom stereocenters. The summed E-state index contributed by atoms with van der Waals surface area (Å²) in [6.45, 7) is 10.7. The van der Waals surface area contributed by atoms with Gasteiger partial charge in [0.2, 0.25) is 0 Å². The third-order valence-corrected chi connectivity index (χ3v) is 4.15. The summed E-state index contributed by atoms with van der Waals surface area (Å²) in [6.07, 6.45) is 6.16. The smallest absolute Gasteiger partial charge is 0.119 e. The highest BCUT2D eigenvalue weighted by Crippen LogP contribution is 2.23.